The molecule has 3 rings (SSSR count). The predicted octanol–water partition coefficient (Wildman–Crippen LogP) is 1.85. The van der Waals surface area contributed by atoms with E-state index in [2.05, 4.69) is 25.1 Å². The zero-order valence-corrected chi connectivity index (χ0v) is 10.2. The molecule has 0 N–H and O–H groups in total. The second-order valence-corrected chi connectivity index (χ2v) is 5.66. The summed E-state index contributed by atoms with van der Waals surface area (Å²) in [6, 6.07) is 0. The second-order valence-electron chi connectivity index (χ2n) is 5.66. The van der Waals surface area contributed by atoms with Gasteiger partial charge in [0.05, 0.1) is 5.69 Å². The maximum atomic E-state index is 11.8. The van der Waals surface area contributed by atoms with Crippen molar-refractivity contribution in [2.45, 2.75) is 38.5 Å². The van der Waals surface area contributed by atoms with Gasteiger partial charge in [-0.15, -0.1) is 0 Å². The van der Waals surface area contributed by atoms with E-state index in [0.29, 0.717) is 11.7 Å². The summed E-state index contributed by atoms with van der Waals surface area (Å²) in [4.78, 5) is 11.8. The number of aromatic nitrogens is 2. The van der Waals surface area contributed by atoms with Crippen LogP contribution in [-0.2, 0) is 23.7 Å². The van der Waals surface area contributed by atoms with Gasteiger partial charge in [-0.3, -0.25) is 9.48 Å². The molecule has 3 heteroatoms. The highest BCUT2D eigenvalue weighted by atomic mass is 16.1. The molecule has 1 aromatic rings. The number of hydrogen-bond donors (Lipinski definition) is 0. The standard InChI is InChI=1S/C13H18N2O/c1-8-10-6-9-7-15(3)14-12(9)13(10,2)5-4-11(8)16/h7-8,10H,4-6H2,1-3H3/t8-,10-,13-/m0/s1. The predicted molar refractivity (Wildman–Crippen MR) is 61.2 cm³/mol. The van der Waals surface area contributed by atoms with Gasteiger partial charge in [-0.25, -0.2) is 0 Å². The van der Waals surface area contributed by atoms with Crippen LogP contribution in [0.3, 0.4) is 0 Å². The topological polar surface area (TPSA) is 34.9 Å². The average Bonchev–Trinajstić information content (AvgIpc) is 2.71. The summed E-state index contributed by atoms with van der Waals surface area (Å²) in [7, 11) is 1.98. The molecule has 0 amide bonds. The molecule has 1 aromatic heterocycles. The van der Waals surface area contributed by atoms with Gasteiger partial charge in [-0.2, -0.15) is 5.10 Å². The Morgan fingerprint density at radius 1 is 1.56 bits per heavy atom. The lowest BCUT2D eigenvalue weighted by molar-refractivity contribution is -0.127. The summed E-state index contributed by atoms with van der Waals surface area (Å²) in [6.45, 7) is 4.38. The maximum Gasteiger partial charge on any atom is 0.136 e. The van der Waals surface area contributed by atoms with Gasteiger partial charge in [0.15, 0.2) is 0 Å². The van der Waals surface area contributed by atoms with Crippen LogP contribution in [0, 0.1) is 11.8 Å². The SMILES string of the molecule is C[C@@H]1C(=O)CC[C@]2(C)c3nn(C)cc3C[C@@H]12. The fourth-order valence-electron chi connectivity index (χ4n) is 3.67. The third-order valence-corrected chi connectivity index (χ3v) is 4.71. The van der Waals surface area contributed by atoms with Gasteiger partial charge in [0.25, 0.3) is 0 Å². The number of carbonyl (C=O) groups excluding carboxylic acids is 1. The first-order valence-electron chi connectivity index (χ1n) is 6.08. The van der Waals surface area contributed by atoms with Crippen LogP contribution in [0.1, 0.15) is 37.9 Å². The van der Waals surface area contributed by atoms with Crippen molar-refractivity contribution in [2.24, 2.45) is 18.9 Å². The molecule has 0 radical (unpaired) electrons. The van der Waals surface area contributed by atoms with Crippen molar-refractivity contribution < 1.29 is 4.79 Å². The van der Waals surface area contributed by atoms with Crippen molar-refractivity contribution in [1.29, 1.82) is 0 Å². The molecule has 86 valence electrons. The molecule has 1 heterocycles. The fourth-order valence-corrected chi connectivity index (χ4v) is 3.67. The van der Waals surface area contributed by atoms with E-state index in [1.54, 1.807) is 0 Å². The van der Waals surface area contributed by atoms with Gasteiger partial charge >= 0.3 is 0 Å². The molecule has 16 heavy (non-hydrogen) atoms. The highest BCUT2D eigenvalue weighted by Gasteiger charge is 2.51. The minimum absolute atomic E-state index is 0.143. The van der Waals surface area contributed by atoms with Crippen molar-refractivity contribution in [1.82, 2.24) is 9.78 Å². The van der Waals surface area contributed by atoms with E-state index in [0.717, 1.165) is 19.3 Å². The molecule has 2 aliphatic rings. The van der Waals surface area contributed by atoms with Crippen molar-refractivity contribution in [3.05, 3.63) is 17.5 Å². The molecule has 3 atom stereocenters. The van der Waals surface area contributed by atoms with Crippen molar-refractivity contribution in [2.75, 3.05) is 0 Å². The summed E-state index contributed by atoms with van der Waals surface area (Å²) in [5.41, 5.74) is 2.75. The number of rotatable bonds is 0. The van der Waals surface area contributed by atoms with Crippen LogP contribution in [0.5, 0.6) is 0 Å². The maximum absolute atomic E-state index is 11.8. The smallest absolute Gasteiger partial charge is 0.136 e. The summed E-state index contributed by atoms with van der Waals surface area (Å²) >= 11 is 0. The van der Waals surface area contributed by atoms with E-state index in [4.69, 9.17) is 0 Å². The Balaban J connectivity index is 2.07. The summed E-state index contributed by atoms with van der Waals surface area (Å²) < 4.78 is 1.91. The van der Waals surface area contributed by atoms with E-state index < -0.39 is 0 Å². The van der Waals surface area contributed by atoms with Crippen LogP contribution < -0.4 is 0 Å². The van der Waals surface area contributed by atoms with E-state index in [9.17, 15) is 4.79 Å². The lowest BCUT2D eigenvalue weighted by atomic mass is 9.64. The third kappa shape index (κ3) is 1.09. The molecule has 0 aromatic carbocycles. The first-order chi connectivity index (χ1) is 7.52. The van der Waals surface area contributed by atoms with Crippen LogP contribution in [0.25, 0.3) is 0 Å². The number of Topliss-reactive ketones (excluding diaryl/α,β-unsaturated/α-hetero) is 1. The Bertz CT molecular complexity index is 462. The Kier molecular flexibility index (Phi) is 1.86. The van der Waals surface area contributed by atoms with Gasteiger partial charge in [0.1, 0.15) is 5.78 Å². The lowest BCUT2D eigenvalue weighted by Gasteiger charge is -2.39. The van der Waals surface area contributed by atoms with Gasteiger partial charge < -0.3 is 0 Å². The number of fused-ring (bicyclic) bond motifs is 3. The lowest BCUT2D eigenvalue weighted by Crippen LogP contribution is -2.41. The van der Waals surface area contributed by atoms with E-state index in [1.807, 2.05) is 11.7 Å². The molecule has 3 nitrogen and oxygen atoms in total. The Labute approximate surface area is 95.8 Å². The molecule has 1 fully saturated rings. The summed E-state index contributed by atoms with van der Waals surface area (Å²) in [5.74, 6) is 1.13. The van der Waals surface area contributed by atoms with E-state index >= 15 is 0 Å². The van der Waals surface area contributed by atoms with Gasteiger partial charge in [-0.1, -0.05) is 13.8 Å². The first kappa shape index (κ1) is 10.1. The Morgan fingerprint density at radius 3 is 3.06 bits per heavy atom. The second kappa shape index (κ2) is 2.96. The molecule has 0 bridgehead atoms. The zero-order chi connectivity index (χ0) is 11.5. The normalized spacial score (nSPS) is 37.3. The van der Waals surface area contributed by atoms with Crippen LogP contribution in [0.15, 0.2) is 6.20 Å². The number of carbonyl (C=O) groups is 1. The molecule has 0 aliphatic heterocycles. The summed E-state index contributed by atoms with van der Waals surface area (Å²) in [6.07, 6.45) is 4.86. The first-order valence-corrected chi connectivity index (χ1v) is 6.08. The van der Waals surface area contributed by atoms with E-state index in [1.165, 1.54) is 11.3 Å². The van der Waals surface area contributed by atoms with Crippen LogP contribution >= 0.6 is 0 Å². The van der Waals surface area contributed by atoms with Crippen LogP contribution in [0.4, 0.5) is 0 Å². The quantitative estimate of drug-likeness (QED) is 0.666. The van der Waals surface area contributed by atoms with Crippen molar-refractivity contribution in [3.63, 3.8) is 0 Å². The van der Waals surface area contributed by atoms with Crippen LogP contribution in [0.2, 0.25) is 0 Å². The minimum Gasteiger partial charge on any atom is -0.299 e. The van der Waals surface area contributed by atoms with Gasteiger partial charge in [0.2, 0.25) is 0 Å². The summed E-state index contributed by atoms with van der Waals surface area (Å²) in [5, 5.41) is 4.61. The van der Waals surface area contributed by atoms with Crippen molar-refractivity contribution in [3.8, 4) is 0 Å². The zero-order valence-electron chi connectivity index (χ0n) is 10.2. The average molecular weight is 218 g/mol. The highest BCUT2D eigenvalue weighted by Crippen LogP contribution is 2.51. The van der Waals surface area contributed by atoms with E-state index in [-0.39, 0.29) is 11.3 Å². The molecule has 1 saturated carbocycles. The molecular formula is C13H18N2O. The van der Waals surface area contributed by atoms with Crippen LogP contribution in [-0.4, -0.2) is 15.6 Å². The Morgan fingerprint density at radius 2 is 2.31 bits per heavy atom. The van der Waals surface area contributed by atoms with Gasteiger partial charge in [0, 0.05) is 31.0 Å². The molecule has 0 unspecified atom stereocenters. The fraction of sp³-hybridized carbons (Fsp3) is 0.692. The number of hydrogen-bond acceptors (Lipinski definition) is 2. The molecule has 0 spiro atoms. The van der Waals surface area contributed by atoms with Crippen molar-refractivity contribution >= 4 is 5.78 Å². The molecular weight excluding hydrogens is 200 g/mol. The Hall–Kier alpha value is -1.12. The van der Waals surface area contributed by atoms with Gasteiger partial charge in [-0.05, 0) is 24.3 Å². The number of aryl methyl sites for hydroxylation is 1. The molecule has 0 saturated heterocycles. The minimum atomic E-state index is 0.143. The largest absolute Gasteiger partial charge is 0.299 e. The number of nitrogens with zero attached hydrogens (tertiary/aromatic N) is 2. The molecule has 2 aliphatic carbocycles. The third-order valence-electron chi connectivity index (χ3n) is 4.71. The number of ketones is 1. The highest BCUT2D eigenvalue weighted by molar-refractivity contribution is 5.82. The monoisotopic (exact) mass is 218 g/mol.